The molecule has 0 fully saturated rings. The van der Waals surface area contributed by atoms with Crippen LogP contribution in [0.4, 0.5) is 0 Å². The molecule has 2 aromatic heterocycles. The molecule has 0 aliphatic rings. The van der Waals surface area contributed by atoms with Crippen LogP contribution in [0.25, 0.3) is 6.08 Å². The average molecular weight is 248 g/mol. The Balaban J connectivity index is 1.82. The first-order valence-corrected chi connectivity index (χ1v) is 6.02. The van der Waals surface area contributed by atoms with Crippen LogP contribution in [-0.2, 0) is 11.3 Å². The van der Waals surface area contributed by atoms with Crippen molar-refractivity contribution in [3.63, 3.8) is 0 Å². The van der Waals surface area contributed by atoms with E-state index < -0.39 is 0 Å². The highest BCUT2D eigenvalue weighted by atomic mass is 32.1. The molecule has 0 radical (unpaired) electrons. The number of carbonyl (C=O) groups excluding carboxylic acids is 1. The van der Waals surface area contributed by atoms with E-state index in [1.54, 1.807) is 35.8 Å². The molecular formula is C12H12N2O2S. The van der Waals surface area contributed by atoms with Gasteiger partial charge in [-0.25, -0.2) is 4.98 Å². The van der Waals surface area contributed by atoms with Crippen LogP contribution in [0.1, 0.15) is 16.5 Å². The molecule has 88 valence electrons. The summed E-state index contributed by atoms with van der Waals surface area (Å²) >= 11 is 1.57. The Hall–Kier alpha value is -1.88. The molecule has 5 heteroatoms. The minimum absolute atomic E-state index is 0.160. The van der Waals surface area contributed by atoms with Crippen LogP contribution in [0.5, 0.6) is 0 Å². The summed E-state index contributed by atoms with van der Waals surface area (Å²) in [7, 11) is 0. The number of hydrogen-bond acceptors (Lipinski definition) is 4. The van der Waals surface area contributed by atoms with Gasteiger partial charge in [-0.15, -0.1) is 11.3 Å². The Kier molecular flexibility index (Phi) is 3.72. The largest absolute Gasteiger partial charge is 0.465 e. The van der Waals surface area contributed by atoms with Gasteiger partial charge in [-0.2, -0.15) is 0 Å². The minimum atomic E-state index is -0.160. The highest BCUT2D eigenvalue weighted by molar-refractivity contribution is 7.09. The zero-order chi connectivity index (χ0) is 12.1. The quantitative estimate of drug-likeness (QED) is 0.845. The summed E-state index contributed by atoms with van der Waals surface area (Å²) in [5, 5.41) is 5.69. The molecule has 0 aliphatic carbocycles. The molecule has 2 aromatic rings. The first-order valence-electron chi connectivity index (χ1n) is 5.14. The smallest absolute Gasteiger partial charge is 0.244 e. The summed E-state index contributed by atoms with van der Waals surface area (Å²) in [6.07, 6.45) is 4.63. The average Bonchev–Trinajstić information content (AvgIpc) is 2.95. The van der Waals surface area contributed by atoms with Gasteiger partial charge in [-0.1, -0.05) is 0 Å². The number of nitrogens with zero attached hydrogens (tertiary/aromatic N) is 1. The third kappa shape index (κ3) is 3.57. The number of aryl methyl sites for hydroxylation is 1. The molecule has 2 heterocycles. The number of furan rings is 1. The molecule has 2 rings (SSSR count). The van der Waals surface area contributed by atoms with E-state index in [9.17, 15) is 4.79 Å². The van der Waals surface area contributed by atoms with Gasteiger partial charge in [0.2, 0.25) is 5.91 Å². The maximum absolute atomic E-state index is 11.5. The van der Waals surface area contributed by atoms with Crippen LogP contribution in [-0.4, -0.2) is 10.9 Å². The monoisotopic (exact) mass is 248 g/mol. The highest BCUT2D eigenvalue weighted by Gasteiger charge is 2.00. The van der Waals surface area contributed by atoms with Gasteiger partial charge in [0.1, 0.15) is 5.76 Å². The molecule has 0 aromatic carbocycles. The fraction of sp³-hybridized carbons (Fsp3) is 0.167. The second kappa shape index (κ2) is 5.45. The minimum Gasteiger partial charge on any atom is -0.465 e. The van der Waals surface area contributed by atoms with Crippen molar-refractivity contribution < 1.29 is 9.21 Å². The van der Waals surface area contributed by atoms with Gasteiger partial charge >= 0.3 is 0 Å². The third-order valence-corrected chi connectivity index (χ3v) is 2.87. The molecule has 0 bridgehead atoms. The lowest BCUT2D eigenvalue weighted by Gasteiger charge is -1.97. The van der Waals surface area contributed by atoms with Gasteiger partial charge in [-0.05, 0) is 25.1 Å². The molecule has 0 saturated heterocycles. The van der Waals surface area contributed by atoms with Gasteiger partial charge in [-0.3, -0.25) is 4.79 Å². The van der Waals surface area contributed by atoms with Crippen molar-refractivity contribution in [1.82, 2.24) is 10.3 Å². The lowest BCUT2D eigenvalue weighted by atomic mass is 10.4. The Morgan fingerprint density at radius 1 is 1.65 bits per heavy atom. The second-order valence-electron chi connectivity index (χ2n) is 3.42. The third-order valence-electron chi connectivity index (χ3n) is 2.05. The van der Waals surface area contributed by atoms with Crippen molar-refractivity contribution in [3.8, 4) is 0 Å². The lowest BCUT2D eigenvalue weighted by Crippen LogP contribution is -2.20. The first kappa shape index (κ1) is 11.6. The van der Waals surface area contributed by atoms with Crippen molar-refractivity contribution in [3.05, 3.63) is 46.3 Å². The molecule has 0 aliphatic heterocycles. The highest BCUT2D eigenvalue weighted by Crippen LogP contribution is 2.07. The van der Waals surface area contributed by atoms with Crippen molar-refractivity contribution in [2.45, 2.75) is 13.5 Å². The second-order valence-corrected chi connectivity index (χ2v) is 4.49. The summed E-state index contributed by atoms with van der Waals surface area (Å²) in [5.74, 6) is 0.497. The summed E-state index contributed by atoms with van der Waals surface area (Å²) in [4.78, 5) is 15.7. The predicted octanol–water partition coefficient (Wildman–Crippen LogP) is 2.37. The maximum Gasteiger partial charge on any atom is 0.244 e. The predicted molar refractivity (Wildman–Crippen MR) is 66.4 cm³/mol. The number of thiazole rings is 1. The fourth-order valence-corrected chi connectivity index (χ4v) is 1.88. The molecule has 1 N–H and O–H groups in total. The molecular weight excluding hydrogens is 236 g/mol. The molecule has 0 unspecified atom stereocenters. The van der Waals surface area contributed by atoms with Crippen molar-refractivity contribution >= 4 is 23.3 Å². The Morgan fingerprint density at radius 2 is 2.53 bits per heavy atom. The summed E-state index contributed by atoms with van der Waals surface area (Å²) in [6, 6.07) is 3.56. The lowest BCUT2D eigenvalue weighted by molar-refractivity contribution is -0.116. The van der Waals surface area contributed by atoms with Gasteiger partial charge in [0, 0.05) is 11.5 Å². The number of hydrogen-bond donors (Lipinski definition) is 1. The zero-order valence-electron chi connectivity index (χ0n) is 9.34. The topological polar surface area (TPSA) is 55.1 Å². The fourth-order valence-electron chi connectivity index (χ4n) is 1.27. The Bertz CT molecular complexity index is 514. The van der Waals surface area contributed by atoms with Crippen LogP contribution in [0.15, 0.2) is 34.3 Å². The summed E-state index contributed by atoms with van der Waals surface area (Å²) in [5.41, 5.74) is 0.882. The van der Waals surface area contributed by atoms with Crippen molar-refractivity contribution in [1.29, 1.82) is 0 Å². The SMILES string of the molecule is Cc1nc(CNC(=O)/C=C/c2ccco2)cs1. The van der Waals surface area contributed by atoms with E-state index in [2.05, 4.69) is 10.3 Å². The van der Waals surface area contributed by atoms with Crippen molar-refractivity contribution in [2.75, 3.05) is 0 Å². The van der Waals surface area contributed by atoms with Crippen LogP contribution in [0.2, 0.25) is 0 Å². The van der Waals surface area contributed by atoms with Gasteiger partial charge in [0.25, 0.3) is 0 Å². The molecule has 0 saturated carbocycles. The standard InChI is InChI=1S/C12H12N2O2S/c1-9-14-10(8-17-9)7-13-12(15)5-4-11-3-2-6-16-11/h2-6,8H,7H2,1H3,(H,13,15)/b5-4+. The molecule has 17 heavy (non-hydrogen) atoms. The van der Waals surface area contributed by atoms with Crippen LogP contribution in [0.3, 0.4) is 0 Å². The number of aromatic nitrogens is 1. The van der Waals surface area contributed by atoms with Gasteiger partial charge < -0.3 is 9.73 Å². The molecule has 0 spiro atoms. The van der Waals surface area contributed by atoms with Crippen LogP contribution in [0, 0.1) is 6.92 Å². The first-order chi connectivity index (χ1) is 8.24. The van der Waals surface area contributed by atoms with E-state index in [1.807, 2.05) is 12.3 Å². The van der Waals surface area contributed by atoms with E-state index in [-0.39, 0.29) is 5.91 Å². The zero-order valence-corrected chi connectivity index (χ0v) is 10.2. The molecule has 1 amide bonds. The number of nitrogens with one attached hydrogen (secondary N) is 1. The molecule has 0 atom stereocenters. The Labute approximate surface area is 103 Å². The number of amides is 1. The number of carbonyl (C=O) groups is 1. The van der Waals surface area contributed by atoms with Crippen LogP contribution >= 0.6 is 11.3 Å². The van der Waals surface area contributed by atoms with E-state index in [4.69, 9.17) is 4.42 Å². The van der Waals surface area contributed by atoms with E-state index >= 15 is 0 Å². The normalized spacial score (nSPS) is 10.9. The Morgan fingerprint density at radius 3 is 3.18 bits per heavy atom. The van der Waals surface area contributed by atoms with Gasteiger partial charge in [0.15, 0.2) is 0 Å². The van der Waals surface area contributed by atoms with E-state index in [0.717, 1.165) is 10.7 Å². The number of rotatable bonds is 4. The van der Waals surface area contributed by atoms with E-state index in [0.29, 0.717) is 12.3 Å². The van der Waals surface area contributed by atoms with Crippen molar-refractivity contribution in [2.24, 2.45) is 0 Å². The maximum atomic E-state index is 11.5. The summed E-state index contributed by atoms with van der Waals surface area (Å²) < 4.78 is 5.07. The van der Waals surface area contributed by atoms with E-state index in [1.165, 1.54) is 6.08 Å². The van der Waals surface area contributed by atoms with Gasteiger partial charge in [0.05, 0.1) is 23.5 Å². The molecule has 4 nitrogen and oxygen atoms in total. The van der Waals surface area contributed by atoms with Crippen LogP contribution < -0.4 is 5.32 Å². The summed E-state index contributed by atoms with van der Waals surface area (Å²) in [6.45, 7) is 2.39.